The molecular weight excluding hydrogens is 296 g/mol. The molecule has 132 valence electrons. The minimum Gasteiger partial charge on any atom is -0.480 e. The Morgan fingerprint density at radius 3 is 2.13 bits per heavy atom. The summed E-state index contributed by atoms with van der Waals surface area (Å²) in [6.07, 6.45) is 6.42. The molecule has 0 unspecified atom stereocenters. The molecule has 6 nitrogen and oxygen atoms in total. The van der Waals surface area contributed by atoms with Gasteiger partial charge in [-0.1, -0.05) is 46.5 Å². The monoisotopic (exact) mass is 326 g/mol. The first kappa shape index (κ1) is 19.5. The SMILES string of the molecule is CC(C)C[C@H](NC(=O)CNC(=O)C1(C)CCCCCC1)C(=O)O. The Bertz CT molecular complexity index is 426. The first-order chi connectivity index (χ1) is 10.7. The lowest BCUT2D eigenvalue weighted by Gasteiger charge is -2.26. The van der Waals surface area contributed by atoms with Gasteiger partial charge in [-0.25, -0.2) is 4.79 Å². The molecule has 0 bridgehead atoms. The van der Waals surface area contributed by atoms with Crippen molar-refractivity contribution in [3.63, 3.8) is 0 Å². The van der Waals surface area contributed by atoms with Crippen molar-refractivity contribution >= 4 is 17.8 Å². The Kier molecular flexibility index (Phi) is 7.52. The van der Waals surface area contributed by atoms with Crippen LogP contribution in [0, 0.1) is 11.3 Å². The number of carbonyl (C=O) groups is 3. The fourth-order valence-electron chi connectivity index (χ4n) is 3.05. The molecule has 0 spiro atoms. The minimum atomic E-state index is -1.05. The van der Waals surface area contributed by atoms with Gasteiger partial charge in [0.15, 0.2) is 0 Å². The van der Waals surface area contributed by atoms with Crippen LogP contribution >= 0.6 is 0 Å². The second kappa shape index (κ2) is 8.89. The van der Waals surface area contributed by atoms with Gasteiger partial charge >= 0.3 is 5.97 Å². The highest BCUT2D eigenvalue weighted by atomic mass is 16.4. The Hall–Kier alpha value is -1.59. The van der Waals surface area contributed by atoms with E-state index in [9.17, 15) is 14.4 Å². The lowest BCUT2D eigenvalue weighted by molar-refractivity contribution is -0.142. The van der Waals surface area contributed by atoms with Gasteiger partial charge in [-0.3, -0.25) is 9.59 Å². The molecule has 1 aliphatic rings. The molecule has 1 fully saturated rings. The summed E-state index contributed by atoms with van der Waals surface area (Å²) in [6, 6.07) is -0.909. The van der Waals surface area contributed by atoms with E-state index < -0.39 is 23.3 Å². The first-order valence-electron chi connectivity index (χ1n) is 8.55. The van der Waals surface area contributed by atoms with Gasteiger partial charge in [0.1, 0.15) is 6.04 Å². The third-order valence-electron chi connectivity index (χ3n) is 4.51. The Labute approximate surface area is 138 Å². The quantitative estimate of drug-likeness (QED) is 0.624. The smallest absolute Gasteiger partial charge is 0.326 e. The van der Waals surface area contributed by atoms with Gasteiger partial charge in [-0.05, 0) is 25.2 Å². The summed E-state index contributed by atoms with van der Waals surface area (Å²) in [5.41, 5.74) is -0.416. The highest BCUT2D eigenvalue weighted by molar-refractivity contribution is 5.89. The molecular formula is C17H30N2O4. The molecule has 0 radical (unpaired) electrons. The summed E-state index contributed by atoms with van der Waals surface area (Å²) in [6.45, 7) is 5.58. The molecule has 0 aromatic carbocycles. The predicted molar refractivity (Wildman–Crippen MR) is 87.8 cm³/mol. The number of aliphatic carboxylic acids is 1. The molecule has 2 amide bonds. The van der Waals surface area contributed by atoms with Gasteiger partial charge in [0.25, 0.3) is 0 Å². The van der Waals surface area contributed by atoms with Crippen LogP contribution in [0.1, 0.15) is 65.7 Å². The zero-order chi connectivity index (χ0) is 17.5. The molecule has 1 atom stereocenters. The third kappa shape index (κ3) is 6.59. The fourth-order valence-corrected chi connectivity index (χ4v) is 3.05. The van der Waals surface area contributed by atoms with E-state index >= 15 is 0 Å². The molecule has 23 heavy (non-hydrogen) atoms. The van der Waals surface area contributed by atoms with E-state index in [0.29, 0.717) is 6.42 Å². The second-order valence-corrected chi connectivity index (χ2v) is 7.25. The van der Waals surface area contributed by atoms with Crippen molar-refractivity contribution < 1.29 is 19.5 Å². The van der Waals surface area contributed by atoms with Gasteiger partial charge in [-0.2, -0.15) is 0 Å². The van der Waals surface area contributed by atoms with Crippen molar-refractivity contribution in [1.82, 2.24) is 10.6 Å². The summed E-state index contributed by atoms with van der Waals surface area (Å²) in [5.74, 6) is -1.45. The Morgan fingerprint density at radius 2 is 1.65 bits per heavy atom. The van der Waals surface area contributed by atoms with E-state index in [0.717, 1.165) is 38.5 Å². The normalized spacial score (nSPS) is 18.8. The van der Waals surface area contributed by atoms with E-state index in [1.54, 1.807) is 0 Å². The summed E-state index contributed by atoms with van der Waals surface area (Å²) >= 11 is 0. The van der Waals surface area contributed by atoms with E-state index in [4.69, 9.17) is 5.11 Å². The van der Waals surface area contributed by atoms with Crippen molar-refractivity contribution in [1.29, 1.82) is 0 Å². The zero-order valence-corrected chi connectivity index (χ0v) is 14.5. The van der Waals surface area contributed by atoms with Crippen LogP contribution in [0.25, 0.3) is 0 Å². The Balaban J connectivity index is 2.47. The number of carboxylic acid groups (broad SMARTS) is 1. The maximum atomic E-state index is 12.4. The summed E-state index contributed by atoms with van der Waals surface area (Å²) in [5, 5.41) is 14.3. The van der Waals surface area contributed by atoms with Crippen LogP contribution < -0.4 is 10.6 Å². The molecule has 0 aliphatic heterocycles. The highest BCUT2D eigenvalue weighted by Gasteiger charge is 2.33. The predicted octanol–water partition coefficient (Wildman–Crippen LogP) is 2.08. The molecule has 6 heteroatoms. The summed E-state index contributed by atoms with van der Waals surface area (Å²) < 4.78 is 0. The lowest BCUT2D eigenvalue weighted by Crippen LogP contribution is -2.48. The molecule has 1 saturated carbocycles. The van der Waals surface area contributed by atoms with Crippen LogP contribution in [0.3, 0.4) is 0 Å². The van der Waals surface area contributed by atoms with Gasteiger partial charge < -0.3 is 15.7 Å². The number of amides is 2. The average Bonchev–Trinajstić information content (AvgIpc) is 2.69. The van der Waals surface area contributed by atoms with Gasteiger partial charge in [0.2, 0.25) is 11.8 Å². The highest BCUT2D eigenvalue weighted by Crippen LogP contribution is 2.34. The van der Waals surface area contributed by atoms with Crippen LogP contribution in [0.2, 0.25) is 0 Å². The number of carbonyl (C=O) groups excluding carboxylic acids is 2. The van der Waals surface area contributed by atoms with Crippen molar-refractivity contribution in [2.45, 2.75) is 71.8 Å². The number of hydrogen-bond donors (Lipinski definition) is 3. The molecule has 0 saturated heterocycles. The minimum absolute atomic E-state index is 0.106. The average molecular weight is 326 g/mol. The maximum absolute atomic E-state index is 12.4. The first-order valence-corrected chi connectivity index (χ1v) is 8.55. The topological polar surface area (TPSA) is 95.5 Å². The van der Waals surface area contributed by atoms with Crippen molar-refractivity contribution in [2.75, 3.05) is 6.54 Å². The van der Waals surface area contributed by atoms with Crippen LogP contribution in [0.5, 0.6) is 0 Å². The number of rotatable bonds is 7. The van der Waals surface area contributed by atoms with Crippen LogP contribution in [-0.2, 0) is 14.4 Å². The molecule has 1 rings (SSSR count). The standard InChI is InChI=1S/C17H30N2O4/c1-12(2)10-13(15(21)22)19-14(20)11-18-16(23)17(3)8-6-4-5-7-9-17/h12-13H,4-11H2,1-3H3,(H,18,23)(H,19,20)(H,21,22)/t13-/m0/s1. The van der Waals surface area contributed by atoms with Crippen LogP contribution in [0.15, 0.2) is 0 Å². The summed E-state index contributed by atoms with van der Waals surface area (Å²) in [4.78, 5) is 35.4. The van der Waals surface area contributed by atoms with Gasteiger partial charge in [0.05, 0.1) is 6.54 Å². The van der Waals surface area contributed by atoms with Crippen LogP contribution in [0.4, 0.5) is 0 Å². The largest absolute Gasteiger partial charge is 0.480 e. The van der Waals surface area contributed by atoms with Crippen molar-refractivity contribution in [3.8, 4) is 0 Å². The van der Waals surface area contributed by atoms with E-state index in [1.165, 1.54) is 0 Å². The van der Waals surface area contributed by atoms with E-state index in [2.05, 4.69) is 10.6 Å². The molecule has 3 N–H and O–H groups in total. The molecule has 0 aromatic rings. The van der Waals surface area contributed by atoms with Gasteiger partial charge in [0, 0.05) is 5.41 Å². The Morgan fingerprint density at radius 1 is 1.09 bits per heavy atom. The van der Waals surface area contributed by atoms with Crippen molar-refractivity contribution in [3.05, 3.63) is 0 Å². The zero-order valence-electron chi connectivity index (χ0n) is 14.5. The lowest BCUT2D eigenvalue weighted by atomic mass is 9.81. The van der Waals surface area contributed by atoms with E-state index in [1.807, 2.05) is 20.8 Å². The number of nitrogens with one attached hydrogen (secondary N) is 2. The van der Waals surface area contributed by atoms with Gasteiger partial charge in [-0.15, -0.1) is 0 Å². The molecule has 0 aromatic heterocycles. The van der Waals surface area contributed by atoms with E-state index in [-0.39, 0.29) is 18.4 Å². The van der Waals surface area contributed by atoms with Crippen LogP contribution in [-0.4, -0.2) is 35.5 Å². The maximum Gasteiger partial charge on any atom is 0.326 e. The molecule has 0 heterocycles. The number of hydrogen-bond acceptors (Lipinski definition) is 3. The van der Waals surface area contributed by atoms with Crippen molar-refractivity contribution in [2.24, 2.45) is 11.3 Å². The summed E-state index contributed by atoms with van der Waals surface area (Å²) in [7, 11) is 0. The fraction of sp³-hybridized carbons (Fsp3) is 0.824. The third-order valence-corrected chi connectivity index (χ3v) is 4.51. The number of carboxylic acids is 1. The molecule has 1 aliphatic carbocycles. The second-order valence-electron chi connectivity index (χ2n) is 7.25.